The first-order chi connectivity index (χ1) is 8.48. The van der Waals surface area contributed by atoms with Crippen LogP contribution in [-0.2, 0) is 11.2 Å². The lowest BCUT2D eigenvalue weighted by Crippen LogP contribution is -2.42. The minimum Gasteiger partial charge on any atom is -0.367 e. The number of halogens is 2. The van der Waals surface area contributed by atoms with Crippen molar-refractivity contribution in [1.29, 1.82) is 0 Å². The Hall–Kier alpha value is -1.79. The Kier molecular flexibility index (Phi) is 3.14. The summed E-state index contributed by atoms with van der Waals surface area (Å²) in [6, 6.07) is 0. The van der Waals surface area contributed by atoms with E-state index in [2.05, 4.69) is 9.97 Å². The van der Waals surface area contributed by atoms with Crippen molar-refractivity contribution in [2.24, 2.45) is 5.73 Å². The highest BCUT2D eigenvalue weighted by atomic mass is 19.1. The normalized spacial score (nSPS) is 23.4. The molecule has 1 aliphatic heterocycles. The number of rotatable bonds is 3. The molecular weight excluding hydrogens is 242 g/mol. The molecular formula is C11H14F2N4O. The van der Waals surface area contributed by atoms with Gasteiger partial charge in [0, 0.05) is 13.0 Å². The van der Waals surface area contributed by atoms with Gasteiger partial charge in [0.1, 0.15) is 6.33 Å². The molecule has 5 nitrogen and oxygen atoms in total. The second kappa shape index (κ2) is 4.47. The summed E-state index contributed by atoms with van der Waals surface area (Å²) in [6.45, 7) is 1.71. The van der Waals surface area contributed by atoms with Crippen LogP contribution in [0.15, 0.2) is 6.33 Å². The van der Waals surface area contributed by atoms with Crippen LogP contribution in [0.2, 0.25) is 0 Å². The second-order valence-corrected chi connectivity index (χ2v) is 4.31. The van der Waals surface area contributed by atoms with Crippen LogP contribution >= 0.6 is 0 Å². The largest absolute Gasteiger partial charge is 0.367 e. The number of anilines is 1. The van der Waals surface area contributed by atoms with Crippen LogP contribution in [-0.4, -0.2) is 34.6 Å². The Morgan fingerprint density at radius 1 is 1.61 bits per heavy atom. The van der Waals surface area contributed by atoms with Crippen LogP contribution in [0.5, 0.6) is 0 Å². The zero-order chi connectivity index (χ0) is 13.3. The molecule has 1 fully saturated rings. The molecule has 1 amide bonds. The van der Waals surface area contributed by atoms with Crippen molar-refractivity contribution in [3.63, 3.8) is 0 Å². The lowest BCUT2D eigenvalue weighted by Gasteiger charge is -2.19. The number of nitrogens with two attached hydrogens (primary N) is 1. The first-order valence-corrected chi connectivity index (χ1v) is 5.71. The van der Waals surface area contributed by atoms with Gasteiger partial charge in [-0.15, -0.1) is 0 Å². The minimum absolute atomic E-state index is 0.0302. The third kappa shape index (κ3) is 2.00. The lowest BCUT2D eigenvalue weighted by molar-refractivity contribution is -0.128. The van der Waals surface area contributed by atoms with E-state index in [1.54, 1.807) is 6.92 Å². The van der Waals surface area contributed by atoms with Gasteiger partial charge < -0.3 is 10.6 Å². The molecule has 18 heavy (non-hydrogen) atoms. The van der Waals surface area contributed by atoms with E-state index in [1.807, 2.05) is 0 Å². The lowest BCUT2D eigenvalue weighted by atomic mass is 10.1. The molecule has 2 rings (SSSR count). The number of amides is 1. The number of alkyl halides is 1. The quantitative estimate of drug-likeness (QED) is 0.858. The van der Waals surface area contributed by atoms with Gasteiger partial charge in [0.2, 0.25) is 5.67 Å². The average Bonchev–Trinajstić information content (AvgIpc) is 2.73. The maximum Gasteiger partial charge on any atom is 0.257 e. The fourth-order valence-electron chi connectivity index (χ4n) is 2.02. The third-order valence-electron chi connectivity index (χ3n) is 3.14. The number of nitrogens with zero attached hydrogens (tertiary/aromatic N) is 3. The van der Waals surface area contributed by atoms with E-state index in [9.17, 15) is 13.6 Å². The number of aryl methyl sites for hydroxylation is 1. The molecule has 1 atom stereocenters. The Labute approximate surface area is 103 Å². The van der Waals surface area contributed by atoms with Crippen molar-refractivity contribution in [1.82, 2.24) is 9.97 Å². The smallest absolute Gasteiger partial charge is 0.257 e. The van der Waals surface area contributed by atoms with Crippen molar-refractivity contribution in [3.05, 3.63) is 17.8 Å². The van der Waals surface area contributed by atoms with Gasteiger partial charge in [-0.05, 0) is 6.42 Å². The molecule has 98 valence electrons. The number of primary amides is 1. The highest BCUT2D eigenvalue weighted by Crippen LogP contribution is 2.30. The van der Waals surface area contributed by atoms with Crippen LogP contribution in [0.1, 0.15) is 19.0 Å². The fourth-order valence-corrected chi connectivity index (χ4v) is 2.02. The van der Waals surface area contributed by atoms with E-state index in [0.29, 0.717) is 6.42 Å². The maximum atomic E-state index is 14.0. The maximum absolute atomic E-state index is 14.0. The zero-order valence-electron chi connectivity index (χ0n) is 9.99. The average molecular weight is 256 g/mol. The topological polar surface area (TPSA) is 72.1 Å². The van der Waals surface area contributed by atoms with Gasteiger partial charge in [-0.1, -0.05) is 6.92 Å². The molecule has 1 unspecified atom stereocenters. The van der Waals surface area contributed by atoms with Crippen molar-refractivity contribution >= 4 is 11.7 Å². The summed E-state index contributed by atoms with van der Waals surface area (Å²) in [6.07, 6.45) is 1.61. The Balaban J connectivity index is 2.27. The SMILES string of the molecule is CCc1ncnc(N2CCC(F)(C(N)=O)C2)c1F. The van der Waals surface area contributed by atoms with E-state index >= 15 is 0 Å². The van der Waals surface area contributed by atoms with Crippen LogP contribution in [0.25, 0.3) is 0 Å². The summed E-state index contributed by atoms with van der Waals surface area (Å²) in [5.74, 6) is -1.55. The molecule has 0 spiro atoms. The van der Waals surface area contributed by atoms with Gasteiger partial charge in [0.25, 0.3) is 5.91 Å². The molecule has 0 aromatic carbocycles. The van der Waals surface area contributed by atoms with E-state index in [0.717, 1.165) is 0 Å². The monoisotopic (exact) mass is 256 g/mol. The molecule has 0 saturated carbocycles. The minimum atomic E-state index is -2.11. The Morgan fingerprint density at radius 2 is 2.33 bits per heavy atom. The van der Waals surface area contributed by atoms with Gasteiger partial charge in [-0.3, -0.25) is 4.79 Å². The molecule has 0 bridgehead atoms. The second-order valence-electron chi connectivity index (χ2n) is 4.31. The molecule has 1 aliphatic rings. The van der Waals surface area contributed by atoms with Crippen LogP contribution < -0.4 is 10.6 Å². The van der Waals surface area contributed by atoms with Crippen molar-refractivity contribution < 1.29 is 13.6 Å². The number of carbonyl (C=O) groups excluding carboxylic acids is 1. The summed E-state index contributed by atoms with van der Waals surface area (Å²) in [7, 11) is 0. The number of hydrogen-bond donors (Lipinski definition) is 1. The molecule has 1 aromatic heterocycles. The number of carbonyl (C=O) groups is 1. The van der Waals surface area contributed by atoms with Gasteiger partial charge in [-0.25, -0.2) is 18.7 Å². The molecule has 7 heteroatoms. The standard InChI is InChI=1S/C11H14F2N4O/c1-2-7-8(12)9(16-6-15-7)17-4-3-11(13,5-17)10(14)18/h6H,2-5H2,1H3,(H2,14,18). The molecule has 0 aliphatic carbocycles. The predicted octanol–water partition coefficient (Wildman–Crippen LogP) is 0.582. The number of aromatic nitrogens is 2. The summed E-state index contributed by atoms with van der Waals surface area (Å²) < 4.78 is 28.0. The van der Waals surface area contributed by atoms with Crippen LogP contribution in [0, 0.1) is 5.82 Å². The first-order valence-electron chi connectivity index (χ1n) is 5.71. The van der Waals surface area contributed by atoms with E-state index in [-0.39, 0.29) is 31.0 Å². The molecule has 2 heterocycles. The Morgan fingerprint density at radius 3 is 2.89 bits per heavy atom. The first kappa shape index (κ1) is 12.7. The molecule has 1 saturated heterocycles. The van der Waals surface area contributed by atoms with Gasteiger partial charge in [0.15, 0.2) is 11.6 Å². The highest BCUT2D eigenvalue weighted by Gasteiger charge is 2.44. The summed E-state index contributed by atoms with van der Waals surface area (Å²) in [5.41, 5.74) is 3.17. The highest BCUT2D eigenvalue weighted by molar-refractivity contribution is 5.85. The van der Waals surface area contributed by atoms with Gasteiger partial charge in [-0.2, -0.15) is 0 Å². The molecule has 0 radical (unpaired) electrons. The number of hydrogen-bond acceptors (Lipinski definition) is 4. The summed E-state index contributed by atoms with van der Waals surface area (Å²) in [4.78, 5) is 20.0. The van der Waals surface area contributed by atoms with Crippen molar-refractivity contribution in [2.75, 3.05) is 18.0 Å². The molecule has 2 N–H and O–H groups in total. The van der Waals surface area contributed by atoms with Crippen molar-refractivity contribution in [2.45, 2.75) is 25.4 Å². The predicted molar refractivity (Wildman–Crippen MR) is 61.2 cm³/mol. The summed E-state index contributed by atoms with van der Waals surface area (Å²) in [5, 5.41) is 0. The summed E-state index contributed by atoms with van der Waals surface area (Å²) >= 11 is 0. The van der Waals surface area contributed by atoms with Gasteiger partial charge >= 0.3 is 0 Å². The van der Waals surface area contributed by atoms with E-state index in [1.165, 1.54) is 11.2 Å². The zero-order valence-corrected chi connectivity index (χ0v) is 9.99. The van der Waals surface area contributed by atoms with Crippen LogP contribution in [0.4, 0.5) is 14.6 Å². The van der Waals surface area contributed by atoms with Crippen molar-refractivity contribution in [3.8, 4) is 0 Å². The fraction of sp³-hybridized carbons (Fsp3) is 0.545. The molecule has 1 aromatic rings. The van der Waals surface area contributed by atoms with Crippen LogP contribution in [0.3, 0.4) is 0 Å². The van der Waals surface area contributed by atoms with E-state index in [4.69, 9.17) is 5.73 Å². The van der Waals surface area contributed by atoms with Gasteiger partial charge in [0.05, 0.1) is 12.2 Å². The Bertz CT molecular complexity index is 482. The van der Waals surface area contributed by atoms with E-state index < -0.39 is 17.4 Å². The third-order valence-corrected chi connectivity index (χ3v) is 3.14.